The highest BCUT2D eigenvalue weighted by molar-refractivity contribution is 6.29. The van der Waals surface area contributed by atoms with Gasteiger partial charge in [0.25, 0.3) is 6.01 Å². The van der Waals surface area contributed by atoms with E-state index in [-0.39, 0.29) is 11.3 Å². The molecule has 0 spiro atoms. The molecule has 1 amide bonds. The van der Waals surface area contributed by atoms with Gasteiger partial charge < -0.3 is 14.2 Å². The summed E-state index contributed by atoms with van der Waals surface area (Å²) in [5.41, 5.74) is 0.486. The van der Waals surface area contributed by atoms with Crippen molar-refractivity contribution in [3.63, 3.8) is 0 Å². The van der Waals surface area contributed by atoms with E-state index in [4.69, 9.17) is 16.0 Å². The van der Waals surface area contributed by atoms with Crippen LogP contribution in [0.25, 0.3) is 11.3 Å². The van der Waals surface area contributed by atoms with Crippen molar-refractivity contribution in [2.24, 2.45) is 5.41 Å². The molecule has 2 aromatic rings. The van der Waals surface area contributed by atoms with Crippen LogP contribution in [-0.2, 0) is 4.79 Å². The fourth-order valence-corrected chi connectivity index (χ4v) is 2.75. The predicted molar refractivity (Wildman–Crippen MR) is 93.0 cm³/mol. The normalized spacial score (nSPS) is 15.7. The Balaban J connectivity index is 1.65. The minimum atomic E-state index is -0.347. The number of hydrogen-bond donors (Lipinski definition) is 0. The second kappa shape index (κ2) is 6.43. The molecule has 1 fully saturated rings. The van der Waals surface area contributed by atoms with Crippen LogP contribution in [0.2, 0.25) is 5.15 Å². The molecule has 0 bridgehead atoms. The lowest BCUT2D eigenvalue weighted by Gasteiger charge is -2.37. The van der Waals surface area contributed by atoms with Crippen LogP contribution in [-0.4, -0.2) is 47.0 Å². The van der Waals surface area contributed by atoms with E-state index in [0.717, 1.165) is 5.56 Å². The Kier molecular flexibility index (Phi) is 4.49. The van der Waals surface area contributed by atoms with Gasteiger partial charge in [0.05, 0.1) is 6.20 Å². The summed E-state index contributed by atoms with van der Waals surface area (Å²) in [7, 11) is 0. The fourth-order valence-electron chi connectivity index (χ4n) is 2.64. The third kappa shape index (κ3) is 3.53. The number of carbonyl (C=O) groups is 1. The Labute approximate surface area is 146 Å². The molecule has 7 heteroatoms. The maximum atomic E-state index is 12.3. The molecular weight excluding hydrogens is 328 g/mol. The average molecular weight is 349 g/mol. The standard InChI is InChI=1S/C17H21ClN4O2/c1-17(2,3)15(23)21-6-8-22(9-7-21)16-20-11-13(24-16)12-4-5-14(18)19-10-12/h4-5,10-11H,6-9H2,1-3H3. The van der Waals surface area contributed by atoms with Gasteiger partial charge in [-0.3, -0.25) is 4.79 Å². The number of carbonyl (C=O) groups excluding carboxylic acids is 1. The van der Waals surface area contributed by atoms with Gasteiger partial charge in [0.1, 0.15) is 5.15 Å². The van der Waals surface area contributed by atoms with E-state index in [1.807, 2.05) is 31.7 Å². The number of piperazine rings is 1. The fraction of sp³-hybridized carbons (Fsp3) is 0.471. The van der Waals surface area contributed by atoms with E-state index in [0.29, 0.717) is 43.1 Å². The number of hydrogen-bond acceptors (Lipinski definition) is 5. The molecule has 0 unspecified atom stereocenters. The van der Waals surface area contributed by atoms with Gasteiger partial charge in [-0.2, -0.15) is 0 Å². The molecule has 1 aliphatic rings. The molecule has 0 aromatic carbocycles. The molecule has 3 heterocycles. The molecule has 6 nitrogen and oxygen atoms in total. The highest BCUT2D eigenvalue weighted by atomic mass is 35.5. The number of amides is 1. The number of pyridine rings is 1. The second-order valence-electron chi connectivity index (χ2n) is 6.91. The van der Waals surface area contributed by atoms with Crippen LogP contribution in [0.5, 0.6) is 0 Å². The summed E-state index contributed by atoms with van der Waals surface area (Å²) in [6, 6.07) is 4.14. The summed E-state index contributed by atoms with van der Waals surface area (Å²) in [5.74, 6) is 0.838. The maximum Gasteiger partial charge on any atom is 0.297 e. The lowest BCUT2D eigenvalue weighted by Crippen LogP contribution is -2.51. The summed E-state index contributed by atoms with van der Waals surface area (Å²) >= 11 is 5.80. The van der Waals surface area contributed by atoms with Gasteiger partial charge in [-0.1, -0.05) is 32.4 Å². The SMILES string of the molecule is CC(C)(C)C(=O)N1CCN(c2ncc(-c3ccc(Cl)nc3)o2)CC1. The predicted octanol–water partition coefficient (Wildman–Crippen LogP) is 3.08. The van der Waals surface area contributed by atoms with Crippen molar-refractivity contribution in [3.05, 3.63) is 29.7 Å². The van der Waals surface area contributed by atoms with Crippen LogP contribution in [0.4, 0.5) is 6.01 Å². The molecule has 128 valence electrons. The van der Waals surface area contributed by atoms with Gasteiger partial charge in [-0.05, 0) is 12.1 Å². The van der Waals surface area contributed by atoms with E-state index < -0.39 is 0 Å². The van der Waals surface area contributed by atoms with Crippen molar-refractivity contribution in [1.29, 1.82) is 0 Å². The first-order chi connectivity index (χ1) is 11.3. The number of anilines is 1. The number of aromatic nitrogens is 2. The van der Waals surface area contributed by atoms with Gasteiger partial charge in [0, 0.05) is 43.4 Å². The van der Waals surface area contributed by atoms with E-state index in [2.05, 4.69) is 14.9 Å². The number of rotatable bonds is 2. The smallest absolute Gasteiger partial charge is 0.297 e. The zero-order valence-corrected chi connectivity index (χ0v) is 14.9. The number of nitrogens with zero attached hydrogens (tertiary/aromatic N) is 4. The van der Waals surface area contributed by atoms with E-state index in [9.17, 15) is 4.79 Å². The van der Waals surface area contributed by atoms with Gasteiger partial charge >= 0.3 is 0 Å². The second-order valence-corrected chi connectivity index (χ2v) is 7.29. The molecule has 0 saturated carbocycles. The van der Waals surface area contributed by atoms with Crippen molar-refractivity contribution in [1.82, 2.24) is 14.9 Å². The Morgan fingerprint density at radius 3 is 2.42 bits per heavy atom. The summed E-state index contributed by atoms with van der Waals surface area (Å²) in [5, 5.41) is 0.443. The number of halogens is 1. The summed E-state index contributed by atoms with van der Waals surface area (Å²) < 4.78 is 5.84. The van der Waals surface area contributed by atoms with Crippen LogP contribution in [0, 0.1) is 5.41 Å². The first-order valence-electron chi connectivity index (χ1n) is 7.97. The third-order valence-electron chi connectivity index (χ3n) is 3.98. The third-order valence-corrected chi connectivity index (χ3v) is 4.21. The lowest BCUT2D eigenvalue weighted by molar-refractivity contribution is -0.139. The molecule has 0 radical (unpaired) electrons. The molecule has 1 aliphatic heterocycles. The van der Waals surface area contributed by atoms with Crippen LogP contribution in [0.1, 0.15) is 20.8 Å². The Hall–Kier alpha value is -2.08. The van der Waals surface area contributed by atoms with Crippen molar-refractivity contribution in [2.45, 2.75) is 20.8 Å². The molecular formula is C17H21ClN4O2. The summed E-state index contributed by atoms with van der Waals surface area (Å²) in [6.07, 6.45) is 3.35. The molecule has 0 atom stereocenters. The van der Waals surface area contributed by atoms with Gasteiger partial charge in [0.15, 0.2) is 5.76 Å². The lowest BCUT2D eigenvalue weighted by atomic mass is 9.94. The van der Waals surface area contributed by atoms with Crippen molar-refractivity contribution in [3.8, 4) is 11.3 Å². The highest BCUT2D eigenvalue weighted by Crippen LogP contribution is 2.26. The monoisotopic (exact) mass is 348 g/mol. The number of oxazole rings is 1. The average Bonchev–Trinajstić information content (AvgIpc) is 3.04. The van der Waals surface area contributed by atoms with Crippen molar-refractivity contribution >= 4 is 23.5 Å². The van der Waals surface area contributed by atoms with E-state index >= 15 is 0 Å². The Morgan fingerprint density at radius 1 is 1.12 bits per heavy atom. The minimum Gasteiger partial charge on any atom is -0.423 e. The summed E-state index contributed by atoms with van der Waals surface area (Å²) in [4.78, 5) is 24.7. The van der Waals surface area contributed by atoms with Crippen LogP contribution in [0.15, 0.2) is 28.9 Å². The van der Waals surface area contributed by atoms with Gasteiger partial charge in [0.2, 0.25) is 5.91 Å². The van der Waals surface area contributed by atoms with E-state index in [1.54, 1.807) is 18.5 Å². The van der Waals surface area contributed by atoms with E-state index in [1.165, 1.54) is 0 Å². The molecule has 3 rings (SSSR count). The van der Waals surface area contributed by atoms with Crippen LogP contribution < -0.4 is 4.90 Å². The largest absolute Gasteiger partial charge is 0.423 e. The maximum absolute atomic E-state index is 12.3. The Bertz CT molecular complexity index is 713. The molecule has 2 aromatic heterocycles. The first kappa shape index (κ1) is 16.8. The molecule has 0 aliphatic carbocycles. The molecule has 1 saturated heterocycles. The minimum absolute atomic E-state index is 0.183. The highest BCUT2D eigenvalue weighted by Gasteiger charge is 2.30. The van der Waals surface area contributed by atoms with Crippen molar-refractivity contribution in [2.75, 3.05) is 31.1 Å². The van der Waals surface area contributed by atoms with Crippen molar-refractivity contribution < 1.29 is 9.21 Å². The quantitative estimate of drug-likeness (QED) is 0.780. The van der Waals surface area contributed by atoms with Gasteiger partial charge in [-0.25, -0.2) is 9.97 Å². The van der Waals surface area contributed by atoms with Gasteiger partial charge in [-0.15, -0.1) is 0 Å². The molecule has 0 N–H and O–H groups in total. The Morgan fingerprint density at radius 2 is 1.83 bits per heavy atom. The first-order valence-corrected chi connectivity index (χ1v) is 8.34. The van der Waals surface area contributed by atoms with Crippen LogP contribution in [0.3, 0.4) is 0 Å². The van der Waals surface area contributed by atoms with Crippen LogP contribution >= 0.6 is 11.6 Å². The molecule has 24 heavy (non-hydrogen) atoms. The zero-order chi connectivity index (χ0) is 17.3. The topological polar surface area (TPSA) is 62.5 Å². The zero-order valence-electron chi connectivity index (χ0n) is 14.1. The summed E-state index contributed by atoms with van der Waals surface area (Å²) in [6.45, 7) is 8.61.